The summed E-state index contributed by atoms with van der Waals surface area (Å²) in [5.74, 6) is 0.413. The third-order valence-electron chi connectivity index (χ3n) is 3.98. The summed E-state index contributed by atoms with van der Waals surface area (Å²) in [5.41, 5.74) is 9.86. The Hall–Kier alpha value is -1.61. The molecule has 1 aliphatic carbocycles. The highest BCUT2D eigenvalue weighted by Gasteiger charge is 2.57. The highest BCUT2D eigenvalue weighted by Crippen LogP contribution is 2.58. The quantitative estimate of drug-likeness (QED) is 0.828. The molecule has 1 aromatic carbocycles. The van der Waals surface area contributed by atoms with Crippen LogP contribution in [0.1, 0.15) is 25.3 Å². The fourth-order valence-corrected chi connectivity index (χ4v) is 2.64. The average Bonchev–Trinajstić information content (AvgIpc) is 2.72. The van der Waals surface area contributed by atoms with Crippen LogP contribution < -0.4 is 5.73 Å². The van der Waals surface area contributed by atoms with E-state index in [0.717, 1.165) is 5.69 Å². The Bertz CT molecular complexity index is 527. The zero-order chi connectivity index (χ0) is 12.0. The smallest absolute Gasteiger partial charge is 0.0685 e. The van der Waals surface area contributed by atoms with Crippen LogP contribution in [0.2, 0.25) is 0 Å². The Balaban J connectivity index is 2.02. The Labute approximate surface area is 101 Å². The summed E-state index contributed by atoms with van der Waals surface area (Å²) in [6, 6.07) is 10.5. The molecule has 1 fully saturated rings. The molecular formula is C14H17N3. The van der Waals surface area contributed by atoms with Gasteiger partial charge in [-0.15, -0.1) is 0 Å². The maximum Gasteiger partial charge on any atom is 0.0685 e. The van der Waals surface area contributed by atoms with Crippen LogP contribution in [0.25, 0.3) is 11.3 Å². The molecule has 1 aromatic heterocycles. The molecule has 2 aromatic rings. The zero-order valence-corrected chi connectivity index (χ0v) is 10.1. The van der Waals surface area contributed by atoms with Gasteiger partial charge in [0.25, 0.3) is 0 Å². The zero-order valence-electron chi connectivity index (χ0n) is 10.1. The molecule has 17 heavy (non-hydrogen) atoms. The first-order valence-electron chi connectivity index (χ1n) is 5.96. The van der Waals surface area contributed by atoms with Gasteiger partial charge in [-0.3, -0.25) is 5.10 Å². The van der Waals surface area contributed by atoms with Crippen molar-refractivity contribution in [1.82, 2.24) is 10.2 Å². The van der Waals surface area contributed by atoms with Gasteiger partial charge in [0.2, 0.25) is 0 Å². The number of aromatic amines is 1. The molecule has 88 valence electrons. The van der Waals surface area contributed by atoms with Gasteiger partial charge >= 0.3 is 0 Å². The lowest BCUT2D eigenvalue weighted by Gasteiger charge is -2.04. The molecule has 0 spiro atoms. The molecule has 3 N–H and O–H groups in total. The third-order valence-corrected chi connectivity index (χ3v) is 3.98. The van der Waals surface area contributed by atoms with Crippen LogP contribution in [0.3, 0.4) is 0 Å². The molecule has 1 heterocycles. The number of nitrogens with zero attached hydrogens (tertiary/aromatic N) is 1. The number of nitrogens with one attached hydrogen (secondary N) is 1. The highest BCUT2D eigenvalue weighted by atomic mass is 15.1. The molecule has 3 heteroatoms. The van der Waals surface area contributed by atoms with Crippen LogP contribution in [0.4, 0.5) is 0 Å². The number of H-pyrrole nitrogens is 1. The molecule has 2 atom stereocenters. The van der Waals surface area contributed by atoms with Gasteiger partial charge in [-0.2, -0.15) is 5.10 Å². The summed E-state index contributed by atoms with van der Waals surface area (Å²) < 4.78 is 0. The first kappa shape index (κ1) is 10.5. The minimum absolute atomic E-state index is 0.188. The molecule has 1 saturated carbocycles. The summed E-state index contributed by atoms with van der Waals surface area (Å²) >= 11 is 0. The number of rotatable bonds is 2. The normalized spacial score (nSPS) is 25.8. The van der Waals surface area contributed by atoms with E-state index >= 15 is 0 Å². The standard InChI is InChI=1S/C14H17N3/c1-14(2)11(13(14)15)10-8-16-17-12(10)9-6-4-3-5-7-9/h3-8,11,13H,15H2,1-2H3,(H,16,17). The van der Waals surface area contributed by atoms with E-state index in [2.05, 4.69) is 36.2 Å². The van der Waals surface area contributed by atoms with Gasteiger partial charge in [0.15, 0.2) is 0 Å². The van der Waals surface area contributed by atoms with E-state index in [-0.39, 0.29) is 11.5 Å². The molecule has 1 aliphatic rings. The fraction of sp³-hybridized carbons (Fsp3) is 0.357. The Morgan fingerprint density at radius 1 is 1.24 bits per heavy atom. The molecule has 0 aliphatic heterocycles. The number of aromatic nitrogens is 2. The summed E-state index contributed by atoms with van der Waals surface area (Å²) in [6.45, 7) is 4.42. The lowest BCUT2D eigenvalue weighted by molar-refractivity contribution is 0.599. The SMILES string of the molecule is CC1(C)C(N)C1c1cn[nH]c1-c1ccccc1. The second-order valence-corrected chi connectivity index (χ2v) is 5.39. The molecule has 0 radical (unpaired) electrons. The van der Waals surface area contributed by atoms with Gasteiger partial charge < -0.3 is 5.73 Å². The van der Waals surface area contributed by atoms with Crippen molar-refractivity contribution in [2.75, 3.05) is 0 Å². The summed E-state index contributed by atoms with van der Waals surface area (Å²) in [5, 5.41) is 7.28. The second-order valence-electron chi connectivity index (χ2n) is 5.39. The summed E-state index contributed by atoms with van der Waals surface area (Å²) in [7, 11) is 0. The third kappa shape index (κ3) is 1.50. The van der Waals surface area contributed by atoms with Crippen LogP contribution in [0, 0.1) is 5.41 Å². The predicted molar refractivity (Wildman–Crippen MR) is 68.5 cm³/mol. The van der Waals surface area contributed by atoms with Crippen molar-refractivity contribution < 1.29 is 0 Å². The summed E-state index contributed by atoms with van der Waals surface area (Å²) in [6.07, 6.45) is 1.92. The van der Waals surface area contributed by atoms with Crippen molar-refractivity contribution >= 4 is 0 Å². The first-order chi connectivity index (χ1) is 8.12. The van der Waals surface area contributed by atoms with E-state index in [1.165, 1.54) is 11.1 Å². The van der Waals surface area contributed by atoms with E-state index in [9.17, 15) is 0 Å². The van der Waals surface area contributed by atoms with E-state index in [1.807, 2.05) is 24.4 Å². The van der Waals surface area contributed by atoms with Crippen LogP contribution in [-0.2, 0) is 0 Å². The molecule has 0 bridgehead atoms. The van der Waals surface area contributed by atoms with Crippen LogP contribution >= 0.6 is 0 Å². The predicted octanol–water partition coefficient (Wildman–Crippen LogP) is 2.53. The van der Waals surface area contributed by atoms with Crippen molar-refractivity contribution in [3.8, 4) is 11.3 Å². The molecule has 3 nitrogen and oxygen atoms in total. The van der Waals surface area contributed by atoms with E-state index in [0.29, 0.717) is 5.92 Å². The molecule has 0 amide bonds. The maximum atomic E-state index is 6.14. The molecule has 3 rings (SSSR count). The largest absolute Gasteiger partial charge is 0.327 e. The number of benzene rings is 1. The Morgan fingerprint density at radius 2 is 1.88 bits per heavy atom. The van der Waals surface area contributed by atoms with Crippen molar-refractivity contribution in [3.05, 3.63) is 42.1 Å². The van der Waals surface area contributed by atoms with E-state index < -0.39 is 0 Å². The van der Waals surface area contributed by atoms with Crippen molar-refractivity contribution in [2.24, 2.45) is 11.1 Å². The highest BCUT2D eigenvalue weighted by molar-refractivity contribution is 5.64. The van der Waals surface area contributed by atoms with E-state index in [4.69, 9.17) is 5.73 Å². The lowest BCUT2D eigenvalue weighted by atomic mass is 10.0. The summed E-state index contributed by atoms with van der Waals surface area (Å²) in [4.78, 5) is 0. The van der Waals surface area contributed by atoms with Gasteiger partial charge in [0.1, 0.15) is 0 Å². The molecule has 0 saturated heterocycles. The van der Waals surface area contributed by atoms with Gasteiger partial charge in [-0.05, 0) is 11.0 Å². The Kier molecular flexibility index (Phi) is 2.13. The van der Waals surface area contributed by atoms with E-state index in [1.54, 1.807) is 0 Å². The lowest BCUT2D eigenvalue weighted by Crippen LogP contribution is -2.06. The second kappa shape index (κ2) is 3.44. The minimum atomic E-state index is 0.188. The van der Waals surface area contributed by atoms with Gasteiger partial charge in [0, 0.05) is 17.5 Å². The van der Waals surface area contributed by atoms with Crippen molar-refractivity contribution in [3.63, 3.8) is 0 Å². The van der Waals surface area contributed by atoms with Crippen LogP contribution in [0.15, 0.2) is 36.5 Å². The topological polar surface area (TPSA) is 54.7 Å². The van der Waals surface area contributed by atoms with Gasteiger partial charge in [0.05, 0.1) is 11.9 Å². The first-order valence-corrected chi connectivity index (χ1v) is 5.96. The maximum absolute atomic E-state index is 6.14. The monoisotopic (exact) mass is 227 g/mol. The molecule has 2 unspecified atom stereocenters. The van der Waals surface area contributed by atoms with Crippen molar-refractivity contribution in [2.45, 2.75) is 25.8 Å². The van der Waals surface area contributed by atoms with Crippen LogP contribution in [-0.4, -0.2) is 16.2 Å². The number of nitrogens with two attached hydrogens (primary N) is 1. The van der Waals surface area contributed by atoms with Crippen LogP contribution in [0.5, 0.6) is 0 Å². The Morgan fingerprint density at radius 3 is 2.47 bits per heavy atom. The molecular weight excluding hydrogens is 210 g/mol. The van der Waals surface area contributed by atoms with Gasteiger partial charge in [-0.1, -0.05) is 44.2 Å². The van der Waals surface area contributed by atoms with Crippen molar-refractivity contribution in [1.29, 1.82) is 0 Å². The van der Waals surface area contributed by atoms with Gasteiger partial charge in [-0.25, -0.2) is 0 Å². The minimum Gasteiger partial charge on any atom is -0.327 e. The number of hydrogen-bond acceptors (Lipinski definition) is 2. The fourth-order valence-electron chi connectivity index (χ4n) is 2.64. The average molecular weight is 227 g/mol. The number of hydrogen-bond donors (Lipinski definition) is 2.